The van der Waals surface area contributed by atoms with E-state index >= 15 is 0 Å². The third-order valence-corrected chi connectivity index (χ3v) is 15.2. The van der Waals surface area contributed by atoms with Crippen molar-refractivity contribution in [3.63, 3.8) is 0 Å². The molecule has 0 heterocycles. The average Bonchev–Trinajstić information content (AvgIpc) is 2.75. The van der Waals surface area contributed by atoms with Gasteiger partial charge in [0.2, 0.25) is 0 Å². The molecule has 10 heteroatoms. The summed E-state index contributed by atoms with van der Waals surface area (Å²) in [6.45, 7) is 3.43. The van der Waals surface area contributed by atoms with Crippen molar-refractivity contribution in [2.24, 2.45) is 5.73 Å². The Morgan fingerprint density at radius 3 is 0.832 bits per heavy atom. The molecule has 528 valence electrons. The van der Waals surface area contributed by atoms with Gasteiger partial charge in [-0.25, -0.2) is 4.57 Å². The van der Waals surface area contributed by atoms with Gasteiger partial charge in [-0.3, -0.25) is 18.6 Å². The number of unbranched alkanes of at least 4 members (excludes halogenated alkanes) is 12. The van der Waals surface area contributed by atoms with Crippen LogP contribution in [0.3, 0.4) is 0 Å². The lowest BCUT2D eigenvalue weighted by Crippen LogP contribution is -2.29. The van der Waals surface area contributed by atoms with Crippen molar-refractivity contribution in [1.82, 2.24) is 0 Å². The van der Waals surface area contributed by atoms with Crippen LogP contribution in [0, 0.1) is 0 Å². The SMILES string of the molecule is CC/C=C\C/C=C\C/C=C\C/C=C\C/C=C\C/C=C\C/C=C\C/C=C\C/C=C\C/C=C\CCCCCCCCCCCCC(=O)OC(COC(=O)CCCC/C=C\C/C=C\C/C=C\C/C=C\C/C=C\C/C=C\C/C=C\C/C=C\C/C=C\C/C=C\CC)COP(=O)(O)OCCN. The molecule has 0 rings (SSSR count). The molecule has 0 saturated heterocycles. The molecule has 2 atom stereocenters. The second-order valence-electron chi connectivity index (χ2n) is 23.0. The van der Waals surface area contributed by atoms with E-state index in [2.05, 4.69) is 257 Å². The molecule has 2 unspecified atom stereocenters. The zero-order chi connectivity index (χ0) is 68.6. The van der Waals surface area contributed by atoms with Crippen LogP contribution in [0.4, 0.5) is 0 Å². The van der Waals surface area contributed by atoms with E-state index in [9.17, 15) is 19.0 Å². The van der Waals surface area contributed by atoms with E-state index in [1.54, 1.807) is 0 Å². The molecule has 0 saturated carbocycles. The largest absolute Gasteiger partial charge is 0.472 e. The number of ether oxygens (including phenoxy) is 2. The van der Waals surface area contributed by atoms with Crippen molar-refractivity contribution < 1.29 is 37.6 Å². The number of hydrogen-bond donors (Lipinski definition) is 2. The van der Waals surface area contributed by atoms with Gasteiger partial charge in [0.25, 0.3) is 0 Å². The highest BCUT2D eigenvalue weighted by Gasteiger charge is 2.26. The molecule has 0 radical (unpaired) electrons. The Hall–Kier alpha value is -6.19. The van der Waals surface area contributed by atoms with Crippen molar-refractivity contribution in [2.75, 3.05) is 26.4 Å². The fourth-order valence-corrected chi connectivity index (χ4v) is 9.69. The van der Waals surface area contributed by atoms with Crippen molar-refractivity contribution in [3.8, 4) is 0 Å². The van der Waals surface area contributed by atoms with Crippen molar-refractivity contribution >= 4 is 19.8 Å². The Morgan fingerprint density at radius 2 is 0.547 bits per heavy atom. The number of hydrogen-bond acceptors (Lipinski definition) is 8. The zero-order valence-corrected chi connectivity index (χ0v) is 60.2. The van der Waals surface area contributed by atoms with Crippen LogP contribution in [-0.4, -0.2) is 49.3 Å². The van der Waals surface area contributed by atoms with Gasteiger partial charge in [0.1, 0.15) is 6.61 Å². The number of phosphoric acid groups is 1. The van der Waals surface area contributed by atoms with Crippen LogP contribution in [0.1, 0.15) is 245 Å². The summed E-state index contributed by atoms with van der Waals surface area (Å²) >= 11 is 0. The lowest BCUT2D eigenvalue weighted by atomic mass is 10.0. The van der Waals surface area contributed by atoms with Gasteiger partial charge in [0.15, 0.2) is 6.10 Å². The quantitative estimate of drug-likeness (QED) is 0.0264. The van der Waals surface area contributed by atoms with Crippen LogP contribution in [0.5, 0.6) is 0 Å². The van der Waals surface area contributed by atoms with E-state index in [-0.39, 0.29) is 32.6 Å². The summed E-state index contributed by atoms with van der Waals surface area (Å²) in [7, 11) is -4.43. The monoisotopic (exact) mass is 1320 g/mol. The van der Waals surface area contributed by atoms with Crippen molar-refractivity contribution in [1.29, 1.82) is 0 Å². The molecule has 0 aromatic heterocycles. The highest BCUT2D eigenvalue weighted by atomic mass is 31.2. The minimum absolute atomic E-state index is 0.0335. The molecule has 3 N–H and O–H groups in total. The third-order valence-electron chi connectivity index (χ3n) is 14.2. The van der Waals surface area contributed by atoms with Gasteiger partial charge in [0.05, 0.1) is 13.2 Å². The molecule has 0 bridgehead atoms. The van der Waals surface area contributed by atoms with Gasteiger partial charge >= 0.3 is 19.8 Å². The summed E-state index contributed by atoms with van der Waals surface area (Å²) in [5, 5.41) is 0. The summed E-state index contributed by atoms with van der Waals surface area (Å²) in [6, 6.07) is 0. The fourth-order valence-electron chi connectivity index (χ4n) is 8.93. The molecule has 0 fully saturated rings. The molecule has 0 spiro atoms. The number of carbonyl (C=O) groups is 2. The lowest BCUT2D eigenvalue weighted by Gasteiger charge is -2.19. The van der Waals surface area contributed by atoms with Gasteiger partial charge in [-0.1, -0.05) is 308 Å². The van der Waals surface area contributed by atoms with Crippen LogP contribution in [0.25, 0.3) is 0 Å². The van der Waals surface area contributed by atoms with E-state index in [0.717, 1.165) is 167 Å². The number of allylic oxidation sites excluding steroid dienone is 40. The maximum atomic E-state index is 12.8. The molecule has 0 aliphatic heterocycles. The van der Waals surface area contributed by atoms with Gasteiger partial charge in [0, 0.05) is 19.4 Å². The predicted molar refractivity (Wildman–Crippen MR) is 412 cm³/mol. The fraction of sp³-hybridized carbons (Fsp3) is 0.506. The van der Waals surface area contributed by atoms with Crippen LogP contribution < -0.4 is 5.73 Å². The standard InChI is InChI=1S/C85H130NO8P/c1-3-5-7-9-11-13-15-17-19-21-23-25-27-29-31-33-35-37-38-39-40-41-42-43-44-46-48-50-52-54-56-58-60-62-64-66-68-70-72-74-76-78-85(88)94-83(82-93-95(89,90)92-80-79-86)81-91-84(87)77-75-73-71-69-67-65-63-61-59-57-55-53-51-49-47-45-36-34-32-30-28-26-24-22-20-18-16-14-12-10-8-6-4-2/h5-8,11-14,17-20,23-26,29-32,35-37,39-40,42-43,45-46,48-49,51-52,54-55,57,61,63,67,69,83H,3-4,9-10,15-16,21-22,27-28,33-34,38,41,44,47,50,53,56,58-60,62,64-66,68,70-82,86H2,1-2H3,(H,89,90)/b7-5-,8-6-,13-11-,14-12-,19-17-,20-18-,25-23-,26-24-,31-29-,32-30-,37-35-,40-39-,43-42-,45-36-,48-46-,51-49-,54-52-,57-55-,63-61-,69-67-. The van der Waals surface area contributed by atoms with Crippen LogP contribution in [0.15, 0.2) is 243 Å². The minimum Gasteiger partial charge on any atom is -0.462 e. The maximum absolute atomic E-state index is 12.8. The number of esters is 2. The number of carbonyl (C=O) groups excluding carboxylic acids is 2. The Morgan fingerprint density at radius 1 is 0.316 bits per heavy atom. The summed E-state index contributed by atoms with van der Waals surface area (Å²) in [5.74, 6) is -0.903. The first-order chi connectivity index (χ1) is 46.8. The summed E-state index contributed by atoms with van der Waals surface area (Å²) in [6.07, 6.45) is 122. The topological polar surface area (TPSA) is 134 Å². The molecule has 95 heavy (non-hydrogen) atoms. The van der Waals surface area contributed by atoms with Gasteiger partial charge < -0.3 is 20.1 Å². The number of rotatable bonds is 65. The molecule has 0 aromatic rings. The molecular weight excluding hydrogens is 1190 g/mol. The molecule has 9 nitrogen and oxygen atoms in total. The second-order valence-corrected chi connectivity index (χ2v) is 24.4. The molecule has 0 amide bonds. The first kappa shape index (κ1) is 88.8. The third kappa shape index (κ3) is 76.7. The molecule has 0 aromatic carbocycles. The van der Waals surface area contributed by atoms with Crippen LogP contribution in [-0.2, 0) is 32.7 Å². The van der Waals surface area contributed by atoms with Crippen LogP contribution in [0.2, 0.25) is 0 Å². The van der Waals surface area contributed by atoms with E-state index < -0.39 is 32.5 Å². The highest BCUT2D eigenvalue weighted by molar-refractivity contribution is 7.47. The maximum Gasteiger partial charge on any atom is 0.472 e. The zero-order valence-electron chi connectivity index (χ0n) is 59.3. The Balaban J connectivity index is 4.06. The summed E-state index contributed by atoms with van der Waals surface area (Å²) in [4.78, 5) is 35.4. The first-order valence-electron chi connectivity index (χ1n) is 36.5. The van der Waals surface area contributed by atoms with Crippen molar-refractivity contribution in [3.05, 3.63) is 243 Å². The lowest BCUT2D eigenvalue weighted by molar-refractivity contribution is -0.161. The first-order valence-corrected chi connectivity index (χ1v) is 38.0. The van der Waals surface area contributed by atoms with E-state index in [4.69, 9.17) is 24.3 Å². The Labute approximate surface area is 580 Å². The van der Waals surface area contributed by atoms with E-state index in [0.29, 0.717) is 12.8 Å². The molecule has 0 aliphatic carbocycles. The average molecular weight is 1320 g/mol. The number of phosphoric ester groups is 1. The minimum atomic E-state index is -4.43. The summed E-state index contributed by atoms with van der Waals surface area (Å²) in [5.41, 5.74) is 5.40. The Bertz CT molecular complexity index is 2460. The normalized spacial score (nSPS) is 14.4. The van der Waals surface area contributed by atoms with E-state index in [1.165, 1.54) is 38.5 Å². The van der Waals surface area contributed by atoms with Crippen molar-refractivity contribution in [2.45, 2.75) is 251 Å². The smallest absolute Gasteiger partial charge is 0.462 e. The summed E-state index contributed by atoms with van der Waals surface area (Å²) < 4.78 is 33.1. The van der Waals surface area contributed by atoms with E-state index in [1.807, 2.05) is 0 Å². The van der Waals surface area contributed by atoms with Crippen LogP contribution >= 0.6 is 7.82 Å². The molecule has 0 aliphatic rings. The second kappa shape index (κ2) is 76.8. The molecular formula is C85H130NO8P. The highest BCUT2D eigenvalue weighted by Crippen LogP contribution is 2.43. The Kier molecular flexibility index (Phi) is 71.8. The van der Waals surface area contributed by atoms with Gasteiger partial charge in [-0.05, 0) is 167 Å². The van der Waals surface area contributed by atoms with Gasteiger partial charge in [-0.2, -0.15) is 0 Å². The number of nitrogens with two attached hydrogens (primary N) is 1. The predicted octanol–water partition coefficient (Wildman–Crippen LogP) is 24.7. The van der Waals surface area contributed by atoms with Gasteiger partial charge in [-0.15, -0.1) is 0 Å².